The molecule has 0 N–H and O–H groups in total. The average Bonchev–Trinajstić information content (AvgIpc) is 2.99. The first kappa shape index (κ1) is 13.5. The molecule has 1 aliphatic carbocycles. The third kappa shape index (κ3) is 4.94. The van der Waals surface area contributed by atoms with E-state index in [2.05, 4.69) is 0 Å². The van der Waals surface area contributed by atoms with Gasteiger partial charge in [-0.1, -0.05) is 0 Å². The summed E-state index contributed by atoms with van der Waals surface area (Å²) in [6.07, 6.45) is 1.72. The van der Waals surface area contributed by atoms with Gasteiger partial charge in [0, 0.05) is 0 Å². The first-order valence-corrected chi connectivity index (χ1v) is 5.77. The van der Waals surface area contributed by atoms with Crippen LogP contribution >= 0.6 is 0 Å². The summed E-state index contributed by atoms with van der Waals surface area (Å²) in [6, 6.07) is 0. The molecule has 1 unspecified atom stereocenters. The highest BCUT2D eigenvalue weighted by Gasteiger charge is 2.37. The van der Waals surface area contributed by atoms with Gasteiger partial charge in [-0.3, -0.25) is 0 Å². The molecule has 1 aliphatic rings. The van der Waals surface area contributed by atoms with Gasteiger partial charge in [0.1, 0.15) is 0 Å². The molecule has 0 spiro atoms. The van der Waals surface area contributed by atoms with Gasteiger partial charge in [0.15, 0.2) is 6.10 Å². The van der Waals surface area contributed by atoms with Crippen molar-refractivity contribution in [3.63, 3.8) is 0 Å². The maximum absolute atomic E-state index is 11.4. The van der Waals surface area contributed by atoms with Crippen LogP contribution in [0.15, 0.2) is 0 Å². The lowest BCUT2D eigenvalue weighted by molar-refractivity contribution is -0.157. The van der Waals surface area contributed by atoms with Gasteiger partial charge in [0.05, 0.1) is 25.9 Å². The third-order valence-corrected chi connectivity index (χ3v) is 2.40. The molecule has 1 atom stereocenters. The zero-order valence-corrected chi connectivity index (χ0v) is 10.6. The van der Waals surface area contributed by atoms with Crippen molar-refractivity contribution in [2.24, 2.45) is 5.92 Å². The van der Waals surface area contributed by atoms with E-state index in [9.17, 15) is 4.79 Å². The SMILES string of the molecule is COC(=O)C(OCCOC(C)(C)C)C1CC1. The molecule has 4 heteroatoms. The Bertz CT molecular complexity index is 228. The predicted octanol–water partition coefficient (Wildman–Crippen LogP) is 1.77. The van der Waals surface area contributed by atoms with Crippen molar-refractivity contribution in [2.75, 3.05) is 20.3 Å². The number of hydrogen-bond acceptors (Lipinski definition) is 4. The lowest BCUT2D eigenvalue weighted by Crippen LogP contribution is -2.30. The first-order valence-electron chi connectivity index (χ1n) is 5.77. The minimum Gasteiger partial charge on any atom is -0.467 e. The molecule has 16 heavy (non-hydrogen) atoms. The van der Waals surface area contributed by atoms with Crippen LogP contribution in [0.5, 0.6) is 0 Å². The van der Waals surface area contributed by atoms with Crippen molar-refractivity contribution in [3.8, 4) is 0 Å². The molecule has 0 saturated heterocycles. The minimum atomic E-state index is -0.395. The van der Waals surface area contributed by atoms with Crippen LogP contribution in [-0.4, -0.2) is 38.0 Å². The molecule has 0 heterocycles. The maximum Gasteiger partial charge on any atom is 0.335 e. The number of methoxy groups -OCH3 is 1. The van der Waals surface area contributed by atoms with Crippen LogP contribution in [0.4, 0.5) is 0 Å². The lowest BCUT2D eigenvalue weighted by Gasteiger charge is -2.21. The van der Waals surface area contributed by atoms with E-state index in [1.807, 2.05) is 20.8 Å². The van der Waals surface area contributed by atoms with E-state index < -0.39 is 6.10 Å². The summed E-state index contributed by atoms with van der Waals surface area (Å²) in [5.74, 6) is 0.0837. The smallest absolute Gasteiger partial charge is 0.335 e. The van der Waals surface area contributed by atoms with Crippen LogP contribution in [0.3, 0.4) is 0 Å². The van der Waals surface area contributed by atoms with Gasteiger partial charge in [-0.25, -0.2) is 4.79 Å². The molecule has 0 aromatic carbocycles. The Hall–Kier alpha value is -0.610. The van der Waals surface area contributed by atoms with Gasteiger partial charge >= 0.3 is 5.97 Å². The molecule has 0 aromatic heterocycles. The monoisotopic (exact) mass is 230 g/mol. The summed E-state index contributed by atoms with van der Waals surface area (Å²) in [5, 5.41) is 0. The summed E-state index contributed by atoms with van der Waals surface area (Å²) in [7, 11) is 1.40. The molecule has 1 rings (SSSR count). The fourth-order valence-corrected chi connectivity index (χ4v) is 1.43. The van der Waals surface area contributed by atoms with Crippen molar-refractivity contribution in [3.05, 3.63) is 0 Å². The Morgan fingerprint density at radius 2 is 1.94 bits per heavy atom. The van der Waals surface area contributed by atoms with E-state index in [4.69, 9.17) is 14.2 Å². The molecular formula is C12H22O4. The highest BCUT2D eigenvalue weighted by molar-refractivity contribution is 5.75. The van der Waals surface area contributed by atoms with Crippen molar-refractivity contribution in [1.82, 2.24) is 0 Å². The van der Waals surface area contributed by atoms with Gasteiger partial charge in [-0.15, -0.1) is 0 Å². The molecule has 0 radical (unpaired) electrons. The van der Waals surface area contributed by atoms with Crippen LogP contribution in [0.1, 0.15) is 33.6 Å². The van der Waals surface area contributed by atoms with Crippen LogP contribution < -0.4 is 0 Å². The highest BCUT2D eigenvalue weighted by atomic mass is 16.6. The van der Waals surface area contributed by atoms with Crippen LogP contribution in [0.2, 0.25) is 0 Å². The van der Waals surface area contributed by atoms with Gasteiger partial charge in [0.25, 0.3) is 0 Å². The Kier molecular flexibility index (Phi) is 4.74. The quantitative estimate of drug-likeness (QED) is 0.515. The molecule has 4 nitrogen and oxygen atoms in total. The van der Waals surface area contributed by atoms with Crippen LogP contribution in [0, 0.1) is 5.92 Å². The second-order valence-corrected chi connectivity index (χ2v) is 5.11. The molecule has 1 saturated carbocycles. The minimum absolute atomic E-state index is 0.163. The predicted molar refractivity (Wildman–Crippen MR) is 60.2 cm³/mol. The van der Waals surface area contributed by atoms with Gasteiger partial charge in [-0.2, -0.15) is 0 Å². The zero-order chi connectivity index (χ0) is 12.2. The Morgan fingerprint density at radius 1 is 1.31 bits per heavy atom. The van der Waals surface area contributed by atoms with E-state index >= 15 is 0 Å². The standard InChI is InChI=1S/C12H22O4/c1-12(2,3)16-8-7-15-10(9-5-6-9)11(13)14-4/h9-10H,5-8H2,1-4H3. The summed E-state index contributed by atoms with van der Waals surface area (Å²) >= 11 is 0. The molecular weight excluding hydrogens is 208 g/mol. The van der Waals surface area contributed by atoms with Gasteiger partial charge in [0.2, 0.25) is 0 Å². The Labute approximate surface area is 97.2 Å². The number of esters is 1. The van der Waals surface area contributed by atoms with Crippen LogP contribution in [-0.2, 0) is 19.0 Å². The van der Waals surface area contributed by atoms with Crippen molar-refractivity contribution in [2.45, 2.75) is 45.3 Å². The fourth-order valence-electron chi connectivity index (χ4n) is 1.43. The average molecular weight is 230 g/mol. The summed E-state index contributed by atoms with van der Waals surface area (Å²) in [5.41, 5.74) is -0.163. The molecule has 0 bridgehead atoms. The van der Waals surface area contributed by atoms with E-state index in [1.54, 1.807) is 0 Å². The molecule has 0 aromatic rings. The lowest BCUT2D eigenvalue weighted by atomic mass is 10.2. The summed E-state index contributed by atoms with van der Waals surface area (Å²) in [4.78, 5) is 11.4. The summed E-state index contributed by atoms with van der Waals surface area (Å²) < 4.78 is 15.7. The fraction of sp³-hybridized carbons (Fsp3) is 0.917. The second kappa shape index (κ2) is 5.64. The van der Waals surface area contributed by atoms with Crippen molar-refractivity contribution >= 4 is 5.97 Å². The molecule has 0 amide bonds. The Morgan fingerprint density at radius 3 is 2.38 bits per heavy atom. The number of rotatable bonds is 6. The van der Waals surface area contributed by atoms with Gasteiger partial charge in [-0.05, 0) is 39.5 Å². The van der Waals surface area contributed by atoms with E-state index in [0.29, 0.717) is 19.1 Å². The molecule has 1 fully saturated rings. The Balaban J connectivity index is 2.20. The second-order valence-electron chi connectivity index (χ2n) is 5.11. The number of ether oxygens (including phenoxy) is 3. The van der Waals surface area contributed by atoms with E-state index in [1.165, 1.54) is 7.11 Å². The molecule has 94 valence electrons. The number of carbonyl (C=O) groups is 1. The van der Waals surface area contributed by atoms with E-state index in [-0.39, 0.29) is 11.6 Å². The van der Waals surface area contributed by atoms with Gasteiger partial charge < -0.3 is 14.2 Å². The maximum atomic E-state index is 11.4. The topological polar surface area (TPSA) is 44.8 Å². The third-order valence-electron chi connectivity index (χ3n) is 2.40. The normalized spacial score (nSPS) is 18.2. The highest BCUT2D eigenvalue weighted by Crippen LogP contribution is 2.34. The van der Waals surface area contributed by atoms with E-state index in [0.717, 1.165) is 12.8 Å². The van der Waals surface area contributed by atoms with Crippen LogP contribution in [0.25, 0.3) is 0 Å². The van der Waals surface area contributed by atoms with Crippen molar-refractivity contribution < 1.29 is 19.0 Å². The summed E-state index contributed by atoms with van der Waals surface area (Å²) in [6.45, 7) is 6.92. The number of carbonyl (C=O) groups excluding carboxylic acids is 1. The largest absolute Gasteiger partial charge is 0.467 e. The number of hydrogen-bond donors (Lipinski definition) is 0. The molecule has 0 aliphatic heterocycles. The zero-order valence-electron chi connectivity index (χ0n) is 10.6. The first-order chi connectivity index (χ1) is 7.44. The van der Waals surface area contributed by atoms with Crippen molar-refractivity contribution in [1.29, 1.82) is 0 Å².